The molecule has 0 spiro atoms. The first-order chi connectivity index (χ1) is 9.79. The van der Waals surface area contributed by atoms with Gasteiger partial charge in [-0.05, 0) is 17.7 Å². The largest absolute Gasteiger partial charge is 0.508 e. The minimum Gasteiger partial charge on any atom is -0.508 e. The molecule has 0 heterocycles. The molecule has 1 aromatic rings. The summed E-state index contributed by atoms with van der Waals surface area (Å²) in [5, 5.41) is 29.0. The molecule has 0 aliphatic heterocycles. The molecule has 21 heavy (non-hydrogen) atoms. The Morgan fingerprint density at radius 3 is 2.19 bits per heavy atom. The summed E-state index contributed by atoms with van der Waals surface area (Å²) in [4.78, 5) is 33.2. The van der Waals surface area contributed by atoms with Crippen LogP contribution in [0.15, 0.2) is 24.3 Å². The van der Waals surface area contributed by atoms with E-state index in [9.17, 15) is 14.4 Å². The van der Waals surface area contributed by atoms with Crippen LogP contribution < -0.4 is 11.1 Å². The third-order valence-electron chi connectivity index (χ3n) is 2.72. The van der Waals surface area contributed by atoms with Crippen molar-refractivity contribution < 1.29 is 29.7 Å². The standard InChI is InChI=1S/C13H16N2O6/c14-9(6-11(17)18)12(19)15-10(13(20)21)5-7-1-3-8(16)4-2-7/h1-4,9-10,16H,5-6,14H2,(H,15,19)(H,17,18)(H,20,21)/t9?,10-/m1/s1. The maximum atomic E-state index is 11.6. The van der Waals surface area contributed by atoms with Crippen LogP contribution in [0.25, 0.3) is 0 Å². The van der Waals surface area contributed by atoms with Crippen LogP contribution in [0.5, 0.6) is 5.75 Å². The van der Waals surface area contributed by atoms with E-state index in [-0.39, 0.29) is 12.2 Å². The molecule has 1 amide bonds. The number of nitrogens with one attached hydrogen (secondary N) is 1. The zero-order chi connectivity index (χ0) is 16.0. The van der Waals surface area contributed by atoms with Crippen molar-refractivity contribution in [1.82, 2.24) is 5.32 Å². The van der Waals surface area contributed by atoms with Gasteiger partial charge in [0.05, 0.1) is 12.5 Å². The van der Waals surface area contributed by atoms with Gasteiger partial charge in [0.2, 0.25) is 5.91 Å². The van der Waals surface area contributed by atoms with Gasteiger partial charge in [0.15, 0.2) is 0 Å². The van der Waals surface area contributed by atoms with Crippen LogP contribution >= 0.6 is 0 Å². The van der Waals surface area contributed by atoms with E-state index in [1.165, 1.54) is 24.3 Å². The van der Waals surface area contributed by atoms with Crippen molar-refractivity contribution in [2.45, 2.75) is 24.9 Å². The Kier molecular flexibility index (Phi) is 5.67. The second-order valence-corrected chi connectivity index (χ2v) is 4.47. The van der Waals surface area contributed by atoms with E-state index in [0.717, 1.165) is 0 Å². The van der Waals surface area contributed by atoms with Crippen LogP contribution in [0.4, 0.5) is 0 Å². The Morgan fingerprint density at radius 1 is 1.14 bits per heavy atom. The minimum atomic E-state index is -1.32. The lowest BCUT2D eigenvalue weighted by atomic mass is 10.1. The summed E-state index contributed by atoms with van der Waals surface area (Å²) >= 11 is 0. The van der Waals surface area contributed by atoms with E-state index in [1.54, 1.807) is 0 Å². The van der Waals surface area contributed by atoms with Gasteiger partial charge in [-0.25, -0.2) is 4.79 Å². The van der Waals surface area contributed by atoms with E-state index >= 15 is 0 Å². The van der Waals surface area contributed by atoms with Crippen LogP contribution in [0, 0.1) is 0 Å². The summed E-state index contributed by atoms with van der Waals surface area (Å²) < 4.78 is 0. The fourth-order valence-corrected chi connectivity index (χ4v) is 1.63. The van der Waals surface area contributed by atoms with Crippen LogP contribution in [0.2, 0.25) is 0 Å². The van der Waals surface area contributed by atoms with Gasteiger partial charge in [0.1, 0.15) is 11.8 Å². The molecule has 8 nitrogen and oxygen atoms in total. The van der Waals surface area contributed by atoms with Crippen molar-refractivity contribution >= 4 is 17.8 Å². The minimum absolute atomic E-state index is 0.0128. The molecule has 0 saturated carbocycles. The van der Waals surface area contributed by atoms with Crippen LogP contribution in [0.1, 0.15) is 12.0 Å². The summed E-state index contributed by atoms with van der Waals surface area (Å²) in [6.45, 7) is 0. The Labute approximate surface area is 120 Å². The second-order valence-electron chi connectivity index (χ2n) is 4.47. The number of phenols is 1. The number of amides is 1. The average Bonchev–Trinajstić information content (AvgIpc) is 2.39. The normalized spacial score (nSPS) is 13.2. The topological polar surface area (TPSA) is 150 Å². The smallest absolute Gasteiger partial charge is 0.326 e. The number of phenolic OH excluding ortho intramolecular Hbond substituents is 1. The maximum Gasteiger partial charge on any atom is 0.326 e. The molecule has 6 N–H and O–H groups in total. The molecule has 0 radical (unpaired) electrons. The molecular formula is C13H16N2O6. The van der Waals surface area contributed by atoms with E-state index in [0.29, 0.717) is 5.56 Å². The monoisotopic (exact) mass is 296 g/mol. The van der Waals surface area contributed by atoms with Gasteiger partial charge in [-0.2, -0.15) is 0 Å². The van der Waals surface area contributed by atoms with Crippen molar-refractivity contribution in [3.05, 3.63) is 29.8 Å². The lowest BCUT2D eigenvalue weighted by Gasteiger charge is -2.17. The molecule has 1 unspecified atom stereocenters. The van der Waals surface area contributed by atoms with Gasteiger partial charge in [0, 0.05) is 6.42 Å². The Hall–Kier alpha value is -2.61. The van der Waals surface area contributed by atoms with E-state index in [1.807, 2.05) is 0 Å². The third-order valence-corrected chi connectivity index (χ3v) is 2.72. The summed E-state index contributed by atoms with van der Waals surface area (Å²) in [6.07, 6.45) is -0.599. The number of carbonyl (C=O) groups excluding carboxylic acids is 1. The number of hydrogen-bond acceptors (Lipinski definition) is 5. The third kappa shape index (κ3) is 5.49. The van der Waals surface area contributed by atoms with Gasteiger partial charge in [-0.1, -0.05) is 12.1 Å². The maximum absolute atomic E-state index is 11.6. The predicted molar refractivity (Wildman–Crippen MR) is 71.6 cm³/mol. The van der Waals surface area contributed by atoms with Crippen molar-refractivity contribution in [3.8, 4) is 5.75 Å². The van der Waals surface area contributed by atoms with Crippen molar-refractivity contribution in [2.24, 2.45) is 5.73 Å². The fourth-order valence-electron chi connectivity index (χ4n) is 1.63. The van der Waals surface area contributed by atoms with Crippen molar-refractivity contribution in [3.63, 3.8) is 0 Å². The molecular weight excluding hydrogens is 280 g/mol. The summed E-state index contributed by atoms with van der Waals surface area (Å²) in [6, 6.07) is 3.29. The summed E-state index contributed by atoms with van der Waals surface area (Å²) in [5.74, 6) is -3.32. The average molecular weight is 296 g/mol. The number of benzene rings is 1. The zero-order valence-electron chi connectivity index (χ0n) is 11.0. The highest BCUT2D eigenvalue weighted by molar-refractivity contribution is 5.89. The number of aliphatic carboxylic acids is 2. The first-order valence-electron chi connectivity index (χ1n) is 6.08. The summed E-state index contributed by atoms with van der Waals surface area (Å²) in [7, 11) is 0. The highest BCUT2D eigenvalue weighted by Crippen LogP contribution is 2.11. The first-order valence-corrected chi connectivity index (χ1v) is 6.08. The SMILES string of the molecule is NC(CC(=O)O)C(=O)N[C@H](Cc1ccc(O)cc1)C(=O)O. The van der Waals surface area contributed by atoms with Crippen molar-refractivity contribution in [1.29, 1.82) is 0 Å². The number of rotatable bonds is 7. The molecule has 0 saturated heterocycles. The van der Waals surface area contributed by atoms with E-state index < -0.39 is 36.4 Å². The van der Waals surface area contributed by atoms with Crippen molar-refractivity contribution in [2.75, 3.05) is 0 Å². The molecule has 1 aromatic carbocycles. The molecule has 8 heteroatoms. The Balaban J connectivity index is 2.69. The van der Waals surface area contributed by atoms with Crippen LogP contribution in [-0.2, 0) is 20.8 Å². The quantitative estimate of drug-likeness (QED) is 0.446. The van der Waals surface area contributed by atoms with Crippen LogP contribution in [-0.4, -0.2) is 45.2 Å². The van der Waals surface area contributed by atoms with Crippen LogP contribution in [0.3, 0.4) is 0 Å². The molecule has 0 bridgehead atoms. The number of carboxylic acids is 2. The van der Waals surface area contributed by atoms with Gasteiger partial charge in [-0.15, -0.1) is 0 Å². The highest BCUT2D eigenvalue weighted by atomic mass is 16.4. The predicted octanol–water partition coefficient (Wildman–Crippen LogP) is -0.694. The first kappa shape index (κ1) is 16.4. The van der Waals surface area contributed by atoms with Gasteiger partial charge < -0.3 is 26.4 Å². The second kappa shape index (κ2) is 7.25. The Bertz CT molecular complexity index is 528. The highest BCUT2D eigenvalue weighted by Gasteiger charge is 2.24. The zero-order valence-corrected chi connectivity index (χ0v) is 11.0. The number of aromatic hydroxyl groups is 1. The van der Waals surface area contributed by atoms with E-state index in [4.69, 9.17) is 21.1 Å². The lowest BCUT2D eigenvalue weighted by molar-refractivity contribution is -0.142. The number of carboxylic acid groups (broad SMARTS) is 2. The van der Waals surface area contributed by atoms with Gasteiger partial charge >= 0.3 is 11.9 Å². The number of nitrogens with two attached hydrogens (primary N) is 1. The molecule has 0 fully saturated rings. The molecule has 1 rings (SSSR count). The molecule has 0 aliphatic carbocycles. The molecule has 0 aromatic heterocycles. The molecule has 0 aliphatic rings. The number of hydrogen-bond donors (Lipinski definition) is 5. The fraction of sp³-hybridized carbons (Fsp3) is 0.308. The van der Waals surface area contributed by atoms with Gasteiger partial charge in [0.25, 0.3) is 0 Å². The van der Waals surface area contributed by atoms with Gasteiger partial charge in [-0.3, -0.25) is 9.59 Å². The van der Waals surface area contributed by atoms with E-state index in [2.05, 4.69) is 5.32 Å². The molecule has 2 atom stereocenters. The number of carbonyl (C=O) groups is 3. The summed E-state index contributed by atoms with van der Waals surface area (Å²) in [5.41, 5.74) is 5.95. The Morgan fingerprint density at radius 2 is 1.71 bits per heavy atom. The lowest BCUT2D eigenvalue weighted by Crippen LogP contribution is -2.49. The molecule has 114 valence electrons.